The molecule has 0 bridgehead atoms. The van der Waals surface area contributed by atoms with E-state index in [0.717, 1.165) is 16.7 Å². The lowest BCUT2D eigenvalue weighted by molar-refractivity contribution is 0.208. The summed E-state index contributed by atoms with van der Waals surface area (Å²) in [7, 11) is 0. The SMILES string of the molecule is CC(O)CNc1nc(NCc2cc(O)c(Cl)cc2O)c2c(n1)c(C(C)C)nn2C(C)C. The zero-order valence-corrected chi connectivity index (χ0v) is 19.1. The Balaban J connectivity index is 2.09. The van der Waals surface area contributed by atoms with Crippen LogP contribution >= 0.6 is 11.6 Å². The van der Waals surface area contributed by atoms with Crippen LogP contribution in [0.4, 0.5) is 11.8 Å². The van der Waals surface area contributed by atoms with Crippen LogP contribution in [0, 0.1) is 0 Å². The zero-order chi connectivity index (χ0) is 22.9. The normalized spacial score (nSPS) is 12.7. The highest BCUT2D eigenvalue weighted by molar-refractivity contribution is 6.32. The lowest BCUT2D eigenvalue weighted by atomic mass is 10.1. The fourth-order valence-electron chi connectivity index (χ4n) is 3.18. The van der Waals surface area contributed by atoms with Gasteiger partial charge in [0.1, 0.15) is 22.5 Å². The van der Waals surface area contributed by atoms with Crippen molar-refractivity contribution in [2.75, 3.05) is 17.2 Å². The van der Waals surface area contributed by atoms with Crippen molar-refractivity contribution in [1.82, 2.24) is 19.7 Å². The average Bonchev–Trinajstić information content (AvgIpc) is 3.08. The van der Waals surface area contributed by atoms with Gasteiger partial charge in [-0.15, -0.1) is 0 Å². The molecule has 0 radical (unpaired) electrons. The number of phenols is 2. The third-order valence-corrected chi connectivity index (χ3v) is 5.06. The van der Waals surface area contributed by atoms with Crippen molar-refractivity contribution in [3.8, 4) is 11.5 Å². The number of hydrogen-bond donors (Lipinski definition) is 5. The van der Waals surface area contributed by atoms with Crippen LogP contribution in [-0.4, -0.2) is 47.7 Å². The monoisotopic (exact) mass is 448 g/mol. The number of phenolic OH excluding ortho intramolecular Hbond substituents is 2. The number of fused-ring (bicyclic) bond motifs is 1. The number of aromatic nitrogens is 4. The minimum absolute atomic E-state index is 0.0340. The van der Waals surface area contributed by atoms with Crippen molar-refractivity contribution in [3.63, 3.8) is 0 Å². The van der Waals surface area contributed by atoms with Crippen LogP contribution in [0.1, 0.15) is 57.8 Å². The molecule has 1 atom stereocenters. The van der Waals surface area contributed by atoms with Crippen molar-refractivity contribution in [2.45, 2.75) is 59.2 Å². The highest BCUT2D eigenvalue weighted by Crippen LogP contribution is 2.34. The minimum atomic E-state index is -0.562. The van der Waals surface area contributed by atoms with Crippen molar-refractivity contribution in [2.24, 2.45) is 0 Å². The lowest BCUT2D eigenvalue weighted by Gasteiger charge is -2.15. The average molecular weight is 449 g/mol. The van der Waals surface area contributed by atoms with Gasteiger partial charge in [-0.1, -0.05) is 25.4 Å². The highest BCUT2D eigenvalue weighted by atomic mass is 35.5. The topological polar surface area (TPSA) is 128 Å². The molecular formula is C21H29ClN6O3. The number of aliphatic hydroxyl groups excluding tert-OH is 1. The fourth-order valence-corrected chi connectivity index (χ4v) is 3.34. The van der Waals surface area contributed by atoms with E-state index in [-0.39, 0.29) is 35.0 Å². The second-order valence-electron chi connectivity index (χ2n) is 8.19. The second kappa shape index (κ2) is 9.15. The lowest BCUT2D eigenvalue weighted by Crippen LogP contribution is -2.18. The first-order valence-electron chi connectivity index (χ1n) is 10.2. The zero-order valence-electron chi connectivity index (χ0n) is 18.3. The third-order valence-electron chi connectivity index (χ3n) is 4.76. The summed E-state index contributed by atoms with van der Waals surface area (Å²) in [5.41, 5.74) is 2.78. The molecule has 2 aromatic heterocycles. The summed E-state index contributed by atoms with van der Waals surface area (Å²) in [6.07, 6.45) is -0.562. The summed E-state index contributed by atoms with van der Waals surface area (Å²) < 4.78 is 1.88. The van der Waals surface area contributed by atoms with Crippen LogP contribution < -0.4 is 10.6 Å². The van der Waals surface area contributed by atoms with Gasteiger partial charge >= 0.3 is 0 Å². The summed E-state index contributed by atoms with van der Waals surface area (Å²) in [6, 6.07) is 2.78. The van der Waals surface area contributed by atoms with E-state index in [2.05, 4.69) is 34.4 Å². The van der Waals surface area contributed by atoms with E-state index in [9.17, 15) is 15.3 Å². The van der Waals surface area contributed by atoms with Gasteiger partial charge in [-0.3, -0.25) is 4.68 Å². The maximum Gasteiger partial charge on any atom is 0.225 e. The van der Waals surface area contributed by atoms with Crippen LogP contribution in [0.25, 0.3) is 11.0 Å². The number of aliphatic hydroxyl groups is 1. The molecule has 168 valence electrons. The molecule has 1 aromatic carbocycles. The molecule has 2 heterocycles. The van der Waals surface area contributed by atoms with Gasteiger partial charge in [-0.25, -0.2) is 4.98 Å². The first-order chi connectivity index (χ1) is 14.6. The number of anilines is 2. The second-order valence-corrected chi connectivity index (χ2v) is 8.59. The van der Waals surface area contributed by atoms with Gasteiger partial charge in [-0.05, 0) is 32.8 Å². The number of hydrogen-bond acceptors (Lipinski definition) is 8. The Morgan fingerprint density at radius 1 is 1.03 bits per heavy atom. The molecule has 5 N–H and O–H groups in total. The summed E-state index contributed by atoms with van der Waals surface area (Å²) in [5.74, 6) is 0.891. The van der Waals surface area contributed by atoms with E-state index in [0.29, 0.717) is 23.9 Å². The molecule has 0 aliphatic rings. The largest absolute Gasteiger partial charge is 0.508 e. The van der Waals surface area contributed by atoms with E-state index in [1.165, 1.54) is 12.1 Å². The predicted octanol–water partition coefficient (Wildman–Crippen LogP) is 4.00. The first-order valence-corrected chi connectivity index (χ1v) is 10.6. The molecule has 0 amide bonds. The molecule has 9 nitrogen and oxygen atoms in total. The van der Waals surface area contributed by atoms with E-state index in [1.807, 2.05) is 18.5 Å². The first kappa shape index (κ1) is 22.9. The molecule has 0 saturated heterocycles. The number of aromatic hydroxyl groups is 2. The molecule has 10 heteroatoms. The van der Waals surface area contributed by atoms with Crippen LogP contribution in [-0.2, 0) is 6.54 Å². The van der Waals surface area contributed by atoms with Gasteiger partial charge in [0.2, 0.25) is 5.95 Å². The fraction of sp³-hybridized carbons (Fsp3) is 0.476. The van der Waals surface area contributed by atoms with Crippen molar-refractivity contribution >= 4 is 34.4 Å². The highest BCUT2D eigenvalue weighted by Gasteiger charge is 2.22. The number of benzene rings is 1. The molecule has 0 aliphatic heterocycles. The van der Waals surface area contributed by atoms with Gasteiger partial charge in [0.25, 0.3) is 0 Å². The number of nitrogens with one attached hydrogen (secondary N) is 2. The van der Waals surface area contributed by atoms with E-state index < -0.39 is 6.10 Å². The van der Waals surface area contributed by atoms with Crippen LogP contribution in [0.2, 0.25) is 5.02 Å². The summed E-state index contributed by atoms with van der Waals surface area (Å²) in [4.78, 5) is 9.26. The number of nitrogens with zero attached hydrogens (tertiary/aromatic N) is 4. The smallest absolute Gasteiger partial charge is 0.225 e. The number of halogens is 1. The summed E-state index contributed by atoms with van der Waals surface area (Å²) in [6.45, 7) is 10.3. The third kappa shape index (κ3) is 4.94. The Morgan fingerprint density at radius 2 is 1.74 bits per heavy atom. The molecule has 31 heavy (non-hydrogen) atoms. The van der Waals surface area contributed by atoms with Crippen molar-refractivity contribution in [3.05, 3.63) is 28.4 Å². The van der Waals surface area contributed by atoms with Gasteiger partial charge < -0.3 is 26.0 Å². The Labute approximate surface area is 186 Å². The van der Waals surface area contributed by atoms with Crippen LogP contribution in [0.3, 0.4) is 0 Å². The standard InChI is InChI=1S/C21H29ClN6O3/c1-10(2)17-18-19(28(27-17)11(3)4)20(26-21(25-18)24-8-12(5)29)23-9-13-6-16(31)14(22)7-15(13)30/h6-7,10-12,29-31H,8-9H2,1-5H3,(H2,23,24,25,26). The Hall–Kier alpha value is -2.78. The molecule has 3 rings (SSSR count). The van der Waals surface area contributed by atoms with Crippen LogP contribution in [0.15, 0.2) is 12.1 Å². The van der Waals surface area contributed by atoms with Gasteiger partial charge in [0.15, 0.2) is 5.82 Å². The van der Waals surface area contributed by atoms with E-state index in [4.69, 9.17) is 16.7 Å². The molecule has 0 fully saturated rings. The Bertz CT molecular complexity index is 1080. The van der Waals surface area contributed by atoms with Gasteiger partial charge in [0.05, 0.1) is 16.8 Å². The summed E-state index contributed by atoms with van der Waals surface area (Å²) >= 11 is 5.86. The van der Waals surface area contributed by atoms with E-state index in [1.54, 1.807) is 6.92 Å². The van der Waals surface area contributed by atoms with Gasteiger partial charge in [0, 0.05) is 30.8 Å². The molecule has 3 aromatic rings. The van der Waals surface area contributed by atoms with Crippen molar-refractivity contribution < 1.29 is 15.3 Å². The molecule has 0 aliphatic carbocycles. The van der Waals surface area contributed by atoms with E-state index >= 15 is 0 Å². The summed E-state index contributed by atoms with van der Waals surface area (Å²) in [5, 5.41) is 40.9. The maximum absolute atomic E-state index is 10.2. The number of rotatable bonds is 8. The Morgan fingerprint density at radius 3 is 2.35 bits per heavy atom. The predicted molar refractivity (Wildman–Crippen MR) is 122 cm³/mol. The van der Waals surface area contributed by atoms with Crippen LogP contribution in [0.5, 0.6) is 11.5 Å². The minimum Gasteiger partial charge on any atom is -0.508 e. The molecule has 0 saturated carbocycles. The Kier molecular flexibility index (Phi) is 6.76. The quantitative estimate of drug-likeness (QED) is 0.327. The molecule has 1 unspecified atom stereocenters. The maximum atomic E-state index is 10.2. The molecule has 0 spiro atoms. The van der Waals surface area contributed by atoms with Crippen molar-refractivity contribution in [1.29, 1.82) is 0 Å². The molecular weight excluding hydrogens is 420 g/mol. The van der Waals surface area contributed by atoms with Gasteiger partial charge in [-0.2, -0.15) is 10.1 Å².